The molecule has 2 atom stereocenters. The molecule has 2 saturated heterocycles. The molecule has 0 aromatic heterocycles. The number of hydrogen-bond acceptors (Lipinski definition) is 4. The van der Waals surface area contributed by atoms with Gasteiger partial charge in [-0.15, -0.1) is 0 Å². The number of Topliss-reactive ketones (excluding diaryl/α,β-unsaturated/α-hetero) is 2. The lowest BCUT2D eigenvalue weighted by Gasteiger charge is -2.20. The second-order valence-corrected chi connectivity index (χ2v) is 6.57. The van der Waals surface area contributed by atoms with Gasteiger partial charge in [0.25, 0.3) is 0 Å². The maximum Gasteiger partial charge on any atom is 0.219 e. The Hall–Kier alpha value is -0.620. The van der Waals surface area contributed by atoms with E-state index in [-0.39, 0.29) is 11.6 Å². The SMILES string of the molecule is C[C@@H]1CN1C1=C(Br)C(=O)C(N2C[C@@H]2C)=C(Br)C1=O. The first kappa shape index (κ1) is 12.4. The van der Waals surface area contributed by atoms with Crippen molar-refractivity contribution in [3.8, 4) is 0 Å². The highest BCUT2D eigenvalue weighted by atomic mass is 79.9. The summed E-state index contributed by atoms with van der Waals surface area (Å²) in [6, 6.07) is 0.678. The number of halogens is 2. The van der Waals surface area contributed by atoms with Crippen molar-refractivity contribution in [2.45, 2.75) is 25.9 Å². The topological polar surface area (TPSA) is 40.2 Å². The maximum atomic E-state index is 12.3. The number of carbonyl (C=O) groups is 2. The van der Waals surface area contributed by atoms with Crippen LogP contribution in [0, 0.1) is 0 Å². The molecule has 0 aromatic carbocycles. The van der Waals surface area contributed by atoms with Crippen LogP contribution in [-0.4, -0.2) is 46.5 Å². The molecule has 0 radical (unpaired) electrons. The van der Waals surface area contributed by atoms with Crippen molar-refractivity contribution in [1.82, 2.24) is 9.80 Å². The fourth-order valence-corrected chi connectivity index (χ4v) is 3.42. The van der Waals surface area contributed by atoms with E-state index >= 15 is 0 Å². The van der Waals surface area contributed by atoms with Gasteiger partial charge in [-0.2, -0.15) is 0 Å². The Morgan fingerprint density at radius 1 is 0.889 bits per heavy atom. The Morgan fingerprint density at radius 3 is 1.39 bits per heavy atom. The zero-order chi connectivity index (χ0) is 13.2. The zero-order valence-electron chi connectivity index (χ0n) is 10.0. The summed E-state index contributed by atoms with van der Waals surface area (Å²) in [4.78, 5) is 28.6. The lowest BCUT2D eigenvalue weighted by atomic mass is 10.1. The lowest BCUT2D eigenvalue weighted by Crippen LogP contribution is -2.27. The van der Waals surface area contributed by atoms with Crippen LogP contribution in [0.5, 0.6) is 0 Å². The highest BCUT2D eigenvalue weighted by molar-refractivity contribution is 9.12. The molecule has 0 spiro atoms. The summed E-state index contributed by atoms with van der Waals surface area (Å²) in [7, 11) is 0. The van der Waals surface area contributed by atoms with Crippen molar-refractivity contribution < 1.29 is 9.59 Å². The molecule has 0 amide bonds. The van der Waals surface area contributed by atoms with Crippen LogP contribution in [0.15, 0.2) is 20.4 Å². The molecular formula is C12H12Br2N2O2. The second-order valence-electron chi connectivity index (χ2n) is 4.99. The number of hydrogen-bond donors (Lipinski definition) is 0. The normalized spacial score (nSPS) is 31.6. The number of allylic oxidation sites excluding steroid dienone is 2. The predicted octanol–water partition coefficient (Wildman–Crippen LogP) is 1.76. The number of nitrogens with zero attached hydrogens (tertiary/aromatic N) is 2. The maximum absolute atomic E-state index is 12.3. The number of carbonyl (C=O) groups excluding carboxylic acids is 2. The van der Waals surface area contributed by atoms with Gasteiger partial charge < -0.3 is 9.80 Å². The van der Waals surface area contributed by atoms with E-state index in [1.807, 2.05) is 23.6 Å². The molecule has 0 unspecified atom stereocenters. The zero-order valence-corrected chi connectivity index (χ0v) is 13.2. The summed E-state index contributed by atoms with van der Waals surface area (Å²) < 4.78 is 0.795. The van der Waals surface area contributed by atoms with E-state index in [1.165, 1.54) is 0 Å². The third kappa shape index (κ3) is 1.69. The van der Waals surface area contributed by atoms with Gasteiger partial charge in [-0.1, -0.05) is 0 Å². The molecule has 2 heterocycles. The minimum atomic E-state index is -0.0973. The summed E-state index contributed by atoms with van der Waals surface area (Å²) in [6.45, 7) is 5.73. The molecule has 1 aliphatic carbocycles. The summed E-state index contributed by atoms with van der Waals surface area (Å²) in [5.74, 6) is -0.195. The molecule has 6 heteroatoms. The van der Waals surface area contributed by atoms with Crippen LogP contribution in [0.3, 0.4) is 0 Å². The van der Waals surface area contributed by atoms with Crippen molar-refractivity contribution in [2.24, 2.45) is 0 Å². The van der Waals surface area contributed by atoms with Crippen LogP contribution < -0.4 is 0 Å². The van der Waals surface area contributed by atoms with Crippen LogP contribution in [0.2, 0.25) is 0 Å². The highest BCUT2D eigenvalue weighted by Gasteiger charge is 2.46. The highest BCUT2D eigenvalue weighted by Crippen LogP contribution is 2.41. The van der Waals surface area contributed by atoms with Crippen molar-refractivity contribution >= 4 is 43.4 Å². The van der Waals surface area contributed by atoms with Crippen LogP contribution in [-0.2, 0) is 9.59 Å². The molecule has 3 aliphatic rings. The average molecular weight is 376 g/mol. The first-order valence-electron chi connectivity index (χ1n) is 5.85. The van der Waals surface area contributed by atoms with Crippen molar-refractivity contribution in [1.29, 1.82) is 0 Å². The molecule has 0 bridgehead atoms. The van der Waals surface area contributed by atoms with Gasteiger partial charge in [-0.25, -0.2) is 0 Å². The smallest absolute Gasteiger partial charge is 0.219 e. The molecule has 2 fully saturated rings. The summed E-state index contributed by atoms with van der Waals surface area (Å²) in [6.07, 6.45) is 0. The molecule has 4 nitrogen and oxygen atoms in total. The molecule has 2 aliphatic heterocycles. The van der Waals surface area contributed by atoms with Crippen LogP contribution in [0.4, 0.5) is 0 Å². The standard InChI is InChI=1S/C12H12Br2N2O2/c1-5-3-15(5)9-7(13)12(18)10(8(14)11(9)17)16-4-6(16)2/h5-6H,3-4H2,1-2H3/t5-,6+,15?,16?. The monoisotopic (exact) mass is 374 g/mol. The first-order chi connectivity index (χ1) is 8.43. The fourth-order valence-electron chi connectivity index (χ4n) is 2.23. The summed E-state index contributed by atoms with van der Waals surface area (Å²) in [5.41, 5.74) is 0.996. The lowest BCUT2D eigenvalue weighted by molar-refractivity contribution is -0.116. The molecule has 0 aromatic rings. The Morgan fingerprint density at radius 2 is 1.17 bits per heavy atom. The van der Waals surface area contributed by atoms with Crippen LogP contribution in [0.1, 0.15) is 13.8 Å². The largest absolute Gasteiger partial charge is 0.361 e. The third-order valence-electron chi connectivity index (χ3n) is 3.54. The van der Waals surface area contributed by atoms with Crippen LogP contribution in [0.25, 0.3) is 0 Å². The van der Waals surface area contributed by atoms with E-state index in [9.17, 15) is 9.59 Å². The minimum absolute atomic E-state index is 0.0973. The van der Waals surface area contributed by atoms with Crippen molar-refractivity contribution in [3.05, 3.63) is 20.4 Å². The predicted molar refractivity (Wildman–Crippen MR) is 74.3 cm³/mol. The molecule has 96 valence electrons. The van der Waals surface area contributed by atoms with Gasteiger partial charge in [0.05, 0.1) is 8.96 Å². The summed E-state index contributed by atoms with van der Waals surface area (Å²) in [5, 5.41) is 0. The van der Waals surface area contributed by atoms with Crippen LogP contribution >= 0.6 is 31.9 Å². The molecule has 0 saturated carbocycles. The molecule has 3 rings (SSSR count). The molecule has 18 heavy (non-hydrogen) atoms. The van der Waals surface area contributed by atoms with E-state index in [4.69, 9.17) is 0 Å². The van der Waals surface area contributed by atoms with Gasteiger partial charge in [0.1, 0.15) is 11.4 Å². The average Bonchev–Trinajstić information content (AvgIpc) is 3.19. The van der Waals surface area contributed by atoms with Crippen molar-refractivity contribution in [2.75, 3.05) is 13.1 Å². The van der Waals surface area contributed by atoms with E-state index in [0.29, 0.717) is 32.4 Å². The van der Waals surface area contributed by atoms with Gasteiger partial charge in [-0.05, 0) is 45.7 Å². The Balaban J connectivity index is 2.00. The Bertz CT molecular complexity index is 490. The van der Waals surface area contributed by atoms with E-state index < -0.39 is 0 Å². The minimum Gasteiger partial charge on any atom is -0.361 e. The van der Waals surface area contributed by atoms with Gasteiger partial charge in [0, 0.05) is 25.2 Å². The van der Waals surface area contributed by atoms with Gasteiger partial charge >= 0.3 is 0 Å². The quantitative estimate of drug-likeness (QED) is 0.544. The second kappa shape index (κ2) is 3.93. The van der Waals surface area contributed by atoms with Gasteiger partial charge in [-0.3, -0.25) is 9.59 Å². The van der Waals surface area contributed by atoms with Gasteiger partial charge in [0.2, 0.25) is 11.6 Å². The molecule has 0 N–H and O–H groups in total. The van der Waals surface area contributed by atoms with Crippen molar-refractivity contribution in [3.63, 3.8) is 0 Å². The number of ketones is 2. The van der Waals surface area contributed by atoms with E-state index in [0.717, 1.165) is 13.1 Å². The molecular weight excluding hydrogens is 364 g/mol. The fraction of sp³-hybridized carbons (Fsp3) is 0.500. The first-order valence-corrected chi connectivity index (χ1v) is 7.44. The van der Waals surface area contributed by atoms with E-state index in [1.54, 1.807) is 0 Å². The Labute approximate surface area is 122 Å². The Kier molecular flexibility index (Phi) is 2.71. The van der Waals surface area contributed by atoms with E-state index in [2.05, 4.69) is 31.9 Å². The van der Waals surface area contributed by atoms with Gasteiger partial charge in [0.15, 0.2) is 0 Å². The number of rotatable bonds is 2. The third-order valence-corrected chi connectivity index (χ3v) is 5.01. The summed E-state index contributed by atoms with van der Waals surface area (Å²) >= 11 is 6.60.